The molecule has 0 rings (SSSR count). The van der Waals surface area contributed by atoms with Crippen LogP contribution < -0.4 is 0 Å². The zero-order valence-corrected chi connectivity index (χ0v) is 13.9. The Hall–Kier alpha value is 1.85. The monoisotopic (exact) mass is 386 g/mol. The van der Waals surface area contributed by atoms with E-state index in [0.717, 1.165) is 0 Å². The average Bonchev–Trinajstić information content (AvgIpc) is 2.11. The van der Waals surface area contributed by atoms with Gasteiger partial charge in [0.05, 0.1) is 6.61 Å². The number of phosphoric acid groups is 1. The first kappa shape index (κ1) is 18.9. The smallest absolute Gasteiger partial charge is 0.287 e. The molecule has 0 saturated heterocycles. The molecule has 0 radical (unpaired) electrons. The third-order valence-electron chi connectivity index (χ3n) is 1.06. The number of hydrogen-bond acceptors (Lipinski definition) is 4. The molecule has 0 bridgehead atoms. The van der Waals surface area contributed by atoms with Gasteiger partial charge in [0.2, 0.25) is 7.59 Å². The zero-order valence-electron chi connectivity index (χ0n) is 8.47. The number of hydrogen-bond donors (Lipinski definition) is 0. The van der Waals surface area contributed by atoms with Crippen molar-refractivity contribution in [3.05, 3.63) is 0 Å². The van der Waals surface area contributed by atoms with Gasteiger partial charge >= 0.3 is 7.82 Å². The van der Waals surface area contributed by atoms with Crippen LogP contribution in [-0.2, 0) is 18.1 Å². The molecule has 0 aliphatic heterocycles. The summed E-state index contributed by atoms with van der Waals surface area (Å²) in [5.74, 6) is 0. The lowest BCUT2D eigenvalue weighted by Crippen LogP contribution is -2.17. The van der Waals surface area contributed by atoms with E-state index in [1.165, 1.54) is 0 Å². The largest absolute Gasteiger partial charge is 0.475 e. The van der Waals surface area contributed by atoms with Crippen molar-refractivity contribution in [3.63, 3.8) is 0 Å². The highest BCUT2D eigenvalue weighted by atomic mass is 35.6. The number of phosphoric ester groups is 1. The molecule has 0 heterocycles. The van der Waals surface area contributed by atoms with Crippen LogP contribution in [0.1, 0.15) is 6.92 Å². The lowest BCUT2D eigenvalue weighted by Gasteiger charge is -2.21. The normalized spacial score (nSPS) is 14.1. The predicted molar refractivity (Wildman–Crippen MR) is 71.7 cm³/mol. The average molecular weight is 389 g/mol. The van der Waals surface area contributed by atoms with E-state index in [-0.39, 0.29) is 6.61 Å². The molecule has 0 saturated carbocycles. The van der Waals surface area contributed by atoms with Gasteiger partial charge < -0.3 is 0 Å². The van der Waals surface area contributed by atoms with E-state index in [4.69, 9.17) is 83.2 Å². The Bertz CT molecular complexity index is 253. The first-order valence-electron chi connectivity index (χ1n) is 4.14. The van der Waals surface area contributed by atoms with Crippen LogP contribution in [0.5, 0.6) is 0 Å². The molecule has 11 heteroatoms. The van der Waals surface area contributed by atoms with Crippen molar-refractivity contribution in [2.24, 2.45) is 0 Å². The molecular formula is C6H9Cl6O4P. The number of alkyl halides is 6. The Labute approximate surface area is 129 Å². The summed E-state index contributed by atoms with van der Waals surface area (Å²) in [6, 6.07) is 0. The van der Waals surface area contributed by atoms with E-state index < -0.39 is 28.6 Å². The second kappa shape index (κ2) is 7.58. The predicted octanol–water partition coefficient (Wildman–Crippen LogP) is 4.90. The molecule has 0 N–H and O–H groups in total. The van der Waals surface area contributed by atoms with Gasteiger partial charge in [-0.1, -0.05) is 69.6 Å². The maximum atomic E-state index is 11.9. The van der Waals surface area contributed by atoms with Gasteiger partial charge in [0.25, 0.3) is 0 Å². The summed E-state index contributed by atoms with van der Waals surface area (Å²) < 4.78 is 22.7. The van der Waals surface area contributed by atoms with Gasteiger partial charge in [-0.15, -0.1) is 0 Å². The molecular weight excluding hydrogens is 380 g/mol. The van der Waals surface area contributed by atoms with Crippen LogP contribution in [0.2, 0.25) is 0 Å². The molecule has 0 aromatic heterocycles. The van der Waals surface area contributed by atoms with Crippen molar-refractivity contribution in [2.75, 3.05) is 19.8 Å². The quantitative estimate of drug-likeness (QED) is 0.479. The van der Waals surface area contributed by atoms with Crippen LogP contribution in [0.4, 0.5) is 0 Å². The summed E-state index contributed by atoms with van der Waals surface area (Å²) in [4.78, 5) is 0. The highest BCUT2D eigenvalue weighted by molar-refractivity contribution is 7.48. The summed E-state index contributed by atoms with van der Waals surface area (Å²) in [6.07, 6.45) is 0. The summed E-state index contributed by atoms with van der Waals surface area (Å²) in [5.41, 5.74) is 0. The van der Waals surface area contributed by atoms with Gasteiger partial charge in [0.1, 0.15) is 13.2 Å². The summed E-state index contributed by atoms with van der Waals surface area (Å²) in [5, 5.41) is 0. The summed E-state index contributed by atoms with van der Waals surface area (Å²) in [6.45, 7) is 0.643. The van der Waals surface area contributed by atoms with Crippen molar-refractivity contribution in [3.8, 4) is 0 Å². The zero-order chi connectivity index (χ0) is 13.7. The van der Waals surface area contributed by atoms with Crippen molar-refractivity contribution in [1.82, 2.24) is 0 Å². The molecule has 0 atom stereocenters. The van der Waals surface area contributed by atoms with Crippen LogP contribution in [-0.4, -0.2) is 27.4 Å². The standard InChI is InChI=1S/C6H9Cl6O4P/c1-2-14-17(13,15-3-5(7,8)9)16-4-6(10,11)12/h2-4H2,1H3. The minimum Gasteiger partial charge on any atom is -0.287 e. The maximum Gasteiger partial charge on any atom is 0.475 e. The Morgan fingerprint density at radius 3 is 1.47 bits per heavy atom. The Kier molecular flexibility index (Phi) is 8.41. The second-order valence-electron chi connectivity index (χ2n) is 2.64. The third kappa shape index (κ3) is 11.4. The summed E-state index contributed by atoms with van der Waals surface area (Å²) in [7, 11) is -3.92. The van der Waals surface area contributed by atoms with Crippen LogP contribution in [0.25, 0.3) is 0 Å². The minimum atomic E-state index is -3.92. The number of rotatable bonds is 6. The fourth-order valence-electron chi connectivity index (χ4n) is 0.574. The first-order chi connectivity index (χ1) is 7.47. The van der Waals surface area contributed by atoms with Crippen molar-refractivity contribution < 1.29 is 18.1 Å². The number of halogens is 6. The Morgan fingerprint density at radius 1 is 0.882 bits per heavy atom. The van der Waals surface area contributed by atoms with Gasteiger partial charge in [-0.25, -0.2) is 4.57 Å². The SMILES string of the molecule is CCOP(=O)(OCC(Cl)(Cl)Cl)OCC(Cl)(Cl)Cl. The van der Waals surface area contributed by atoms with Crippen LogP contribution in [0.3, 0.4) is 0 Å². The summed E-state index contributed by atoms with van der Waals surface area (Å²) >= 11 is 32.5. The van der Waals surface area contributed by atoms with E-state index in [2.05, 4.69) is 0 Å². The molecule has 0 aliphatic carbocycles. The highest BCUT2D eigenvalue weighted by Crippen LogP contribution is 2.52. The van der Waals surface area contributed by atoms with Gasteiger partial charge in [-0.3, -0.25) is 13.6 Å². The lowest BCUT2D eigenvalue weighted by molar-refractivity contribution is 0.120. The Morgan fingerprint density at radius 2 is 1.24 bits per heavy atom. The van der Waals surface area contributed by atoms with Crippen LogP contribution >= 0.6 is 77.4 Å². The van der Waals surface area contributed by atoms with Crippen LogP contribution in [0.15, 0.2) is 0 Å². The van der Waals surface area contributed by atoms with Crippen molar-refractivity contribution in [2.45, 2.75) is 14.5 Å². The van der Waals surface area contributed by atoms with E-state index in [9.17, 15) is 4.57 Å². The maximum absolute atomic E-state index is 11.9. The van der Waals surface area contributed by atoms with Gasteiger partial charge in [0.15, 0.2) is 0 Å². The molecule has 0 unspecified atom stereocenters. The molecule has 0 fully saturated rings. The van der Waals surface area contributed by atoms with E-state index in [1.54, 1.807) is 6.92 Å². The van der Waals surface area contributed by atoms with E-state index >= 15 is 0 Å². The molecule has 0 spiro atoms. The van der Waals surface area contributed by atoms with E-state index in [1.807, 2.05) is 0 Å². The molecule has 0 aromatic rings. The highest BCUT2D eigenvalue weighted by Gasteiger charge is 2.34. The van der Waals surface area contributed by atoms with Crippen LogP contribution in [0, 0.1) is 0 Å². The van der Waals surface area contributed by atoms with E-state index in [0.29, 0.717) is 0 Å². The first-order valence-corrected chi connectivity index (χ1v) is 7.87. The lowest BCUT2D eigenvalue weighted by atomic mass is 10.9. The molecule has 0 aliphatic rings. The fraction of sp³-hybridized carbons (Fsp3) is 1.00. The fourth-order valence-corrected chi connectivity index (χ4v) is 2.60. The topological polar surface area (TPSA) is 44.8 Å². The third-order valence-corrected chi connectivity index (χ3v) is 3.18. The van der Waals surface area contributed by atoms with Crippen molar-refractivity contribution in [1.29, 1.82) is 0 Å². The Balaban J connectivity index is 4.41. The molecule has 104 valence electrons. The van der Waals surface area contributed by atoms with Gasteiger partial charge in [-0.2, -0.15) is 0 Å². The minimum absolute atomic E-state index is 0.0526. The molecule has 0 aromatic carbocycles. The van der Waals surface area contributed by atoms with Gasteiger partial charge in [-0.05, 0) is 6.92 Å². The molecule has 17 heavy (non-hydrogen) atoms. The van der Waals surface area contributed by atoms with Crippen molar-refractivity contribution >= 4 is 77.4 Å². The molecule has 4 nitrogen and oxygen atoms in total. The second-order valence-corrected chi connectivity index (χ2v) is 9.34. The van der Waals surface area contributed by atoms with Gasteiger partial charge in [0, 0.05) is 0 Å². The molecule has 0 amide bonds.